The van der Waals surface area contributed by atoms with Gasteiger partial charge in [-0.05, 0) is 5.56 Å². The van der Waals surface area contributed by atoms with Crippen molar-refractivity contribution in [1.29, 1.82) is 0 Å². The van der Waals surface area contributed by atoms with Crippen molar-refractivity contribution in [3.63, 3.8) is 0 Å². The summed E-state index contributed by atoms with van der Waals surface area (Å²) in [6.45, 7) is 4.03. The molecule has 1 aliphatic rings. The van der Waals surface area contributed by atoms with Crippen LogP contribution in [0.1, 0.15) is 18.1 Å². The van der Waals surface area contributed by atoms with E-state index in [9.17, 15) is 4.79 Å². The predicted molar refractivity (Wildman–Crippen MR) is 56.8 cm³/mol. The second-order valence-corrected chi connectivity index (χ2v) is 3.45. The van der Waals surface area contributed by atoms with Crippen LogP contribution in [0.15, 0.2) is 43.0 Å². The molecule has 0 spiro atoms. The van der Waals surface area contributed by atoms with Crippen molar-refractivity contribution >= 4 is 5.91 Å². The number of benzene rings is 1. The highest BCUT2D eigenvalue weighted by molar-refractivity contribution is 5.77. The average molecular weight is 203 g/mol. The van der Waals surface area contributed by atoms with Crippen LogP contribution in [0.4, 0.5) is 0 Å². The SMILES string of the molecule is C=CCN1OC(c2ccccc2)CC1=O. The Balaban J connectivity index is 2.09. The molecule has 1 amide bonds. The number of hydrogen-bond acceptors (Lipinski definition) is 2. The third kappa shape index (κ3) is 2.07. The van der Waals surface area contributed by atoms with E-state index in [1.54, 1.807) is 6.08 Å². The van der Waals surface area contributed by atoms with Crippen molar-refractivity contribution in [3.05, 3.63) is 48.6 Å². The molecule has 1 saturated heterocycles. The highest BCUT2D eigenvalue weighted by atomic mass is 16.7. The lowest BCUT2D eigenvalue weighted by molar-refractivity contribution is -0.170. The maximum Gasteiger partial charge on any atom is 0.249 e. The molecule has 1 unspecified atom stereocenters. The van der Waals surface area contributed by atoms with E-state index in [1.165, 1.54) is 5.06 Å². The van der Waals surface area contributed by atoms with Crippen molar-refractivity contribution < 1.29 is 9.63 Å². The number of hydroxylamine groups is 2. The van der Waals surface area contributed by atoms with Crippen LogP contribution in [0.2, 0.25) is 0 Å². The van der Waals surface area contributed by atoms with Crippen LogP contribution >= 0.6 is 0 Å². The minimum Gasteiger partial charge on any atom is -0.272 e. The molecule has 0 radical (unpaired) electrons. The zero-order valence-electron chi connectivity index (χ0n) is 8.43. The maximum absolute atomic E-state index is 11.5. The molecular weight excluding hydrogens is 190 g/mol. The summed E-state index contributed by atoms with van der Waals surface area (Å²) >= 11 is 0. The second kappa shape index (κ2) is 4.28. The summed E-state index contributed by atoms with van der Waals surface area (Å²) in [4.78, 5) is 17.0. The van der Waals surface area contributed by atoms with E-state index in [4.69, 9.17) is 4.84 Å². The largest absolute Gasteiger partial charge is 0.272 e. The van der Waals surface area contributed by atoms with Gasteiger partial charge >= 0.3 is 0 Å². The molecule has 0 N–H and O–H groups in total. The lowest BCUT2D eigenvalue weighted by Crippen LogP contribution is -2.22. The van der Waals surface area contributed by atoms with Crippen molar-refractivity contribution in [2.75, 3.05) is 6.54 Å². The highest BCUT2D eigenvalue weighted by Gasteiger charge is 2.31. The molecule has 0 aliphatic carbocycles. The van der Waals surface area contributed by atoms with Gasteiger partial charge < -0.3 is 0 Å². The first-order valence-electron chi connectivity index (χ1n) is 4.94. The van der Waals surface area contributed by atoms with Gasteiger partial charge in [-0.15, -0.1) is 6.58 Å². The smallest absolute Gasteiger partial charge is 0.249 e. The summed E-state index contributed by atoms with van der Waals surface area (Å²) in [6.07, 6.45) is 1.93. The van der Waals surface area contributed by atoms with Crippen molar-refractivity contribution in [2.45, 2.75) is 12.5 Å². The van der Waals surface area contributed by atoms with E-state index in [1.807, 2.05) is 30.3 Å². The summed E-state index contributed by atoms with van der Waals surface area (Å²) in [7, 11) is 0. The Kier molecular flexibility index (Phi) is 2.83. The fraction of sp³-hybridized carbons (Fsp3) is 0.250. The number of carbonyl (C=O) groups excluding carboxylic acids is 1. The quantitative estimate of drug-likeness (QED) is 0.704. The molecule has 0 bridgehead atoms. The fourth-order valence-electron chi connectivity index (χ4n) is 1.62. The molecule has 15 heavy (non-hydrogen) atoms. The van der Waals surface area contributed by atoms with Crippen molar-refractivity contribution in [3.8, 4) is 0 Å². The van der Waals surface area contributed by atoms with E-state index in [-0.39, 0.29) is 12.0 Å². The predicted octanol–water partition coefficient (Wildman–Crippen LogP) is 2.08. The Morgan fingerprint density at radius 2 is 2.20 bits per heavy atom. The Morgan fingerprint density at radius 3 is 2.87 bits per heavy atom. The van der Waals surface area contributed by atoms with Gasteiger partial charge in [0.05, 0.1) is 13.0 Å². The van der Waals surface area contributed by atoms with Gasteiger partial charge in [0.2, 0.25) is 5.91 Å². The monoisotopic (exact) mass is 203 g/mol. The van der Waals surface area contributed by atoms with E-state index in [2.05, 4.69) is 6.58 Å². The topological polar surface area (TPSA) is 29.5 Å². The third-order valence-corrected chi connectivity index (χ3v) is 2.36. The minimum absolute atomic E-state index is 0.0174. The second-order valence-electron chi connectivity index (χ2n) is 3.45. The van der Waals surface area contributed by atoms with Crippen LogP contribution in [-0.4, -0.2) is 17.5 Å². The molecule has 1 fully saturated rings. The lowest BCUT2D eigenvalue weighted by Gasteiger charge is -2.14. The number of hydrogen-bond donors (Lipinski definition) is 0. The zero-order valence-corrected chi connectivity index (χ0v) is 8.43. The minimum atomic E-state index is -0.140. The van der Waals surface area contributed by atoms with Crippen LogP contribution in [0, 0.1) is 0 Å². The van der Waals surface area contributed by atoms with E-state index in [0.29, 0.717) is 13.0 Å². The molecule has 1 heterocycles. The lowest BCUT2D eigenvalue weighted by atomic mass is 10.1. The molecule has 1 atom stereocenters. The zero-order chi connectivity index (χ0) is 10.7. The van der Waals surface area contributed by atoms with Crippen LogP contribution in [0.5, 0.6) is 0 Å². The van der Waals surface area contributed by atoms with Gasteiger partial charge in [-0.25, -0.2) is 5.06 Å². The maximum atomic E-state index is 11.5. The fourth-order valence-corrected chi connectivity index (χ4v) is 1.62. The third-order valence-electron chi connectivity index (χ3n) is 2.36. The van der Waals surface area contributed by atoms with Gasteiger partial charge in [0.25, 0.3) is 0 Å². The van der Waals surface area contributed by atoms with E-state index >= 15 is 0 Å². The van der Waals surface area contributed by atoms with Crippen LogP contribution in [-0.2, 0) is 9.63 Å². The summed E-state index contributed by atoms with van der Waals surface area (Å²) in [6, 6.07) is 9.77. The Morgan fingerprint density at radius 1 is 1.47 bits per heavy atom. The molecular formula is C12H13NO2. The summed E-state index contributed by atoms with van der Waals surface area (Å²) in [5, 5.41) is 1.37. The molecule has 1 aromatic carbocycles. The Bertz CT molecular complexity index is 361. The highest BCUT2D eigenvalue weighted by Crippen LogP contribution is 2.29. The first kappa shape index (κ1) is 9.93. The number of nitrogens with zero attached hydrogens (tertiary/aromatic N) is 1. The molecule has 1 aliphatic heterocycles. The van der Waals surface area contributed by atoms with Crippen LogP contribution in [0.3, 0.4) is 0 Å². The molecule has 1 aromatic rings. The standard InChI is InChI=1S/C12H13NO2/c1-2-8-13-12(14)9-11(15-13)10-6-4-3-5-7-10/h2-7,11H,1,8-9H2. The summed E-state index contributed by atoms with van der Waals surface area (Å²) in [5.41, 5.74) is 1.04. The molecule has 0 saturated carbocycles. The van der Waals surface area contributed by atoms with Crippen molar-refractivity contribution in [1.82, 2.24) is 5.06 Å². The summed E-state index contributed by atoms with van der Waals surface area (Å²) in [5.74, 6) is 0.0174. The molecule has 3 nitrogen and oxygen atoms in total. The van der Waals surface area contributed by atoms with Gasteiger partial charge in [-0.1, -0.05) is 36.4 Å². The normalized spacial score (nSPS) is 20.7. The van der Waals surface area contributed by atoms with Gasteiger partial charge in [0, 0.05) is 0 Å². The van der Waals surface area contributed by atoms with E-state index in [0.717, 1.165) is 5.56 Å². The van der Waals surface area contributed by atoms with Gasteiger partial charge in [0.15, 0.2) is 0 Å². The Hall–Kier alpha value is -1.61. The van der Waals surface area contributed by atoms with E-state index < -0.39 is 0 Å². The molecule has 2 rings (SSSR count). The van der Waals surface area contributed by atoms with Gasteiger partial charge in [0.1, 0.15) is 6.10 Å². The summed E-state index contributed by atoms with van der Waals surface area (Å²) < 4.78 is 0. The number of rotatable bonds is 3. The molecule has 78 valence electrons. The van der Waals surface area contributed by atoms with Crippen LogP contribution < -0.4 is 0 Å². The van der Waals surface area contributed by atoms with Crippen LogP contribution in [0.25, 0.3) is 0 Å². The first-order chi connectivity index (χ1) is 7.31. The van der Waals surface area contributed by atoms with Gasteiger partial charge in [-0.2, -0.15) is 0 Å². The Labute approximate surface area is 88.9 Å². The average Bonchev–Trinajstić information content (AvgIpc) is 2.63. The van der Waals surface area contributed by atoms with Gasteiger partial charge in [-0.3, -0.25) is 9.63 Å². The number of amides is 1. The first-order valence-corrected chi connectivity index (χ1v) is 4.94. The number of carbonyl (C=O) groups is 1. The molecule has 0 aromatic heterocycles. The molecule has 3 heteroatoms. The van der Waals surface area contributed by atoms with Crippen molar-refractivity contribution in [2.24, 2.45) is 0 Å².